The number of nitrogens with zero attached hydrogens (tertiary/aromatic N) is 1. The zero-order valence-electron chi connectivity index (χ0n) is 11.3. The van der Waals surface area contributed by atoms with Gasteiger partial charge in [0.2, 0.25) is 0 Å². The number of ether oxygens (including phenoxy) is 1. The van der Waals surface area contributed by atoms with Gasteiger partial charge in [0.15, 0.2) is 0 Å². The Morgan fingerprint density at radius 3 is 2.90 bits per heavy atom. The normalized spacial score (nSPS) is 19.0. The Morgan fingerprint density at radius 1 is 1.30 bits per heavy atom. The maximum Gasteiger partial charge on any atom is 0.124 e. The second-order valence-corrected chi connectivity index (χ2v) is 5.96. The van der Waals surface area contributed by atoms with Crippen molar-refractivity contribution in [3.8, 4) is 5.75 Å². The summed E-state index contributed by atoms with van der Waals surface area (Å²) in [5.74, 6) is 0.985. The molecule has 0 radical (unpaired) electrons. The molecule has 0 saturated heterocycles. The van der Waals surface area contributed by atoms with Crippen molar-refractivity contribution < 1.29 is 4.74 Å². The molecule has 1 N–H and O–H groups in total. The van der Waals surface area contributed by atoms with Gasteiger partial charge in [-0.25, -0.2) is 0 Å². The number of halogens is 1. The van der Waals surface area contributed by atoms with E-state index in [1.807, 2.05) is 24.5 Å². The van der Waals surface area contributed by atoms with Crippen LogP contribution in [-0.4, -0.2) is 11.6 Å². The molecule has 1 aromatic heterocycles. The number of nitrogens with one attached hydrogen (secondary N) is 1. The first-order valence-corrected chi connectivity index (χ1v) is 7.61. The fourth-order valence-corrected chi connectivity index (χ4v) is 2.97. The van der Waals surface area contributed by atoms with E-state index in [4.69, 9.17) is 4.74 Å². The smallest absolute Gasteiger partial charge is 0.124 e. The number of hydrogen-bond acceptors (Lipinski definition) is 3. The van der Waals surface area contributed by atoms with Crippen LogP contribution in [0.15, 0.2) is 47.2 Å². The molecule has 0 aliphatic carbocycles. The number of benzene rings is 1. The first-order chi connectivity index (χ1) is 9.74. The average Bonchev–Trinajstić information content (AvgIpc) is 2.49. The SMILES string of the molecule is CC(NC1CCOc2ccc(Br)cc21)c1ccncc1. The van der Waals surface area contributed by atoms with Crippen molar-refractivity contribution in [2.24, 2.45) is 0 Å². The zero-order chi connectivity index (χ0) is 13.9. The monoisotopic (exact) mass is 332 g/mol. The lowest BCUT2D eigenvalue weighted by Crippen LogP contribution is -2.29. The van der Waals surface area contributed by atoms with Crippen LogP contribution in [-0.2, 0) is 0 Å². The highest BCUT2D eigenvalue weighted by molar-refractivity contribution is 9.10. The Bertz CT molecular complexity index is 588. The minimum absolute atomic E-state index is 0.285. The van der Waals surface area contributed by atoms with Gasteiger partial charge in [0.1, 0.15) is 5.75 Å². The molecular weight excluding hydrogens is 316 g/mol. The number of pyridine rings is 1. The molecule has 0 bridgehead atoms. The van der Waals surface area contributed by atoms with Gasteiger partial charge < -0.3 is 10.1 Å². The molecule has 2 heterocycles. The van der Waals surface area contributed by atoms with Crippen LogP contribution in [0.25, 0.3) is 0 Å². The fourth-order valence-electron chi connectivity index (χ4n) is 2.59. The van der Waals surface area contributed by atoms with Crippen LogP contribution in [0, 0.1) is 0 Å². The van der Waals surface area contributed by atoms with E-state index in [-0.39, 0.29) is 6.04 Å². The van der Waals surface area contributed by atoms with E-state index in [1.165, 1.54) is 11.1 Å². The van der Waals surface area contributed by atoms with Crippen molar-refractivity contribution in [2.45, 2.75) is 25.4 Å². The van der Waals surface area contributed by atoms with E-state index in [2.05, 4.69) is 51.4 Å². The van der Waals surface area contributed by atoms with Crippen molar-refractivity contribution in [1.29, 1.82) is 0 Å². The van der Waals surface area contributed by atoms with Gasteiger partial charge in [0.05, 0.1) is 6.61 Å². The van der Waals surface area contributed by atoms with E-state index in [1.54, 1.807) is 0 Å². The predicted molar refractivity (Wildman–Crippen MR) is 82.8 cm³/mol. The average molecular weight is 333 g/mol. The summed E-state index contributed by atoms with van der Waals surface area (Å²) in [6, 6.07) is 10.9. The lowest BCUT2D eigenvalue weighted by molar-refractivity contribution is 0.246. The highest BCUT2D eigenvalue weighted by atomic mass is 79.9. The van der Waals surface area contributed by atoms with Crippen LogP contribution in [0.1, 0.15) is 36.6 Å². The molecular formula is C16H17BrN2O. The van der Waals surface area contributed by atoms with E-state index >= 15 is 0 Å². The highest BCUT2D eigenvalue weighted by Gasteiger charge is 2.23. The molecule has 1 aliphatic heterocycles. The number of aromatic nitrogens is 1. The van der Waals surface area contributed by atoms with E-state index < -0.39 is 0 Å². The second-order valence-electron chi connectivity index (χ2n) is 5.04. The van der Waals surface area contributed by atoms with Crippen molar-refractivity contribution >= 4 is 15.9 Å². The van der Waals surface area contributed by atoms with E-state index in [0.29, 0.717) is 6.04 Å². The summed E-state index contributed by atoms with van der Waals surface area (Å²) in [4.78, 5) is 4.07. The quantitative estimate of drug-likeness (QED) is 0.921. The van der Waals surface area contributed by atoms with Gasteiger partial charge in [-0.05, 0) is 42.8 Å². The molecule has 2 atom stereocenters. The van der Waals surface area contributed by atoms with Crippen molar-refractivity contribution in [1.82, 2.24) is 10.3 Å². The molecule has 3 nitrogen and oxygen atoms in total. The number of hydrogen-bond donors (Lipinski definition) is 1. The summed E-state index contributed by atoms with van der Waals surface area (Å²) in [5.41, 5.74) is 2.48. The summed E-state index contributed by atoms with van der Waals surface area (Å²) in [6.45, 7) is 2.94. The van der Waals surface area contributed by atoms with Gasteiger partial charge in [0, 0.05) is 40.9 Å². The standard InChI is InChI=1S/C16H17BrN2O/c1-11(12-4-7-18-8-5-12)19-15-6-9-20-16-3-2-13(17)10-14(15)16/h2-5,7-8,10-11,15,19H,6,9H2,1H3. The molecule has 0 spiro atoms. The Balaban J connectivity index is 1.81. The Labute approximate surface area is 127 Å². The van der Waals surface area contributed by atoms with E-state index in [0.717, 1.165) is 23.2 Å². The minimum atomic E-state index is 0.285. The van der Waals surface area contributed by atoms with Crippen LogP contribution < -0.4 is 10.1 Å². The Morgan fingerprint density at radius 2 is 2.10 bits per heavy atom. The molecule has 20 heavy (non-hydrogen) atoms. The van der Waals surface area contributed by atoms with Gasteiger partial charge in [-0.3, -0.25) is 4.98 Å². The van der Waals surface area contributed by atoms with Gasteiger partial charge in [-0.2, -0.15) is 0 Å². The third kappa shape index (κ3) is 2.86. The van der Waals surface area contributed by atoms with Crippen LogP contribution in [0.2, 0.25) is 0 Å². The molecule has 0 fully saturated rings. The zero-order valence-corrected chi connectivity index (χ0v) is 12.9. The Kier molecular flexibility index (Phi) is 4.03. The van der Waals surface area contributed by atoms with Crippen molar-refractivity contribution in [2.75, 3.05) is 6.61 Å². The molecule has 1 aromatic carbocycles. The second kappa shape index (κ2) is 5.94. The summed E-state index contributed by atoms with van der Waals surface area (Å²) in [7, 11) is 0. The molecule has 0 saturated carbocycles. The molecule has 3 rings (SSSR count). The molecule has 4 heteroatoms. The molecule has 2 aromatic rings. The Hall–Kier alpha value is -1.39. The predicted octanol–water partition coefficient (Wildman–Crippen LogP) is 4.02. The lowest BCUT2D eigenvalue weighted by atomic mass is 9.98. The van der Waals surface area contributed by atoms with Crippen LogP contribution >= 0.6 is 15.9 Å². The first kappa shape index (κ1) is 13.6. The molecule has 2 unspecified atom stereocenters. The van der Waals surface area contributed by atoms with Crippen LogP contribution in [0.4, 0.5) is 0 Å². The minimum Gasteiger partial charge on any atom is -0.493 e. The summed E-state index contributed by atoms with van der Waals surface area (Å²) < 4.78 is 6.81. The molecule has 104 valence electrons. The van der Waals surface area contributed by atoms with Gasteiger partial charge in [-0.1, -0.05) is 15.9 Å². The van der Waals surface area contributed by atoms with E-state index in [9.17, 15) is 0 Å². The number of fused-ring (bicyclic) bond motifs is 1. The van der Waals surface area contributed by atoms with Crippen molar-refractivity contribution in [3.63, 3.8) is 0 Å². The summed E-state index contributed by atoms with van der Waals surface area (Å²) >= 11 is 3.54. The summed E-state index contributed by atoms with van der Waals surface area (Å²) in [6.07, 6.45) is 4.66. The third-order valence-electron chi connectivity index (χ3n) is 3.67. The van der Waals surface area contributed by atoms with Crippen LogP contribution in [0.3, 0.4) is 0 Å². The van der Waals surface area contributed by atoms with Crippen LogP contribution in [0.5, 0.6) is 5.75 Å². The topological polar surface area (TPSA) is 34.1 Å². The van der Waals surface area contributed by atoms with Crippen molar-refractivity contribution in [3.05, 3.63) is 58.3 Å². The largest absolute Gasteiger partial charge is 0.493 e. The van der Waals surface area contributed by atoms with Gasteiger partial charge in [-0.15, -0.1) is 0 Å². The summed E-state index contributed by atoms with van der Waals surface area (Å²) in [5, 5.41) is 3.69. The van der Waals surface area contributed by atoms with Gasteiger partial charge >= 0.3 is 0 Å². The maximum absolute atomic E-state index is 5.73. The van der Waals surface area contributed by atoms with Gasteiger partial charge in [0.25, 0.3) is 0 Å². The molecule has 1 aliphatic rings. The lowest BCUT2D eigenvalue weighted by Gasteiger charge is -2.29. The maximum atomic E-state index is 5.73. The molecule has 0 amide bonds. The highest BCUT2D eigenvalue weighted by Crippen LogP contribution is 2.35. The first-order valence-electron chi connectivity index (χ1n) is 6.82. The fraction of sp³-hybridized carbons (Fsp3) is 0.312. The third-order valence-corrected chi connectivity index (χ3v) is 4.16. The number of rotatable bonds is 3.